The normalized spacial score (nSPS) is 17.7. The molecule has 0 saturated carbocycles. The van der Waals surface area contributed by atoms with Crippen LogP contribution in [0.15, 0.2) is 42.6 Å². The van der Waals surface area contributed by atoms with Gasteiger partial charge in [0.1, 0.15) is 0 Å². The number of carbonyl (C=O) groups is 1. The minimum Gasteiger partial charge on any atom is -0.394 e. The molecule has 0 aliphatic carbocycles. The second-order valence-corrected chi connectivity index (χ2v) is 6.16. The summed E-state index contributed by atoms with van der Waals surface area (Å²) in [5, 5.41) is 16.5. The number of aliphatic hydroxyl groups is 1. The van der Waals surface area contributed by atoms with Gasteiger partial charge >= 0.3 is 6.03 Å². The number of piperidine rings is 1. The molecule has 0 bridgehead atoms. The fourth-order valence-corrected chi connectivity index (χ4v) is 3.11. The van der Waals surface area contributed by atoms with Gasteiger partial charge in [-0.05, 0) is 24.5 Å². The first kappa shape index (κ1) is 16.5. The molecule has 128 valence electrons. The first-order valence-corrected chi connectivity index (χ1v) is 8.47. The smallest absolute Gasteiger partial charge is 0.317 e. The van der Waals surface area contributed by atoms with Gasteiger partial charge in [0.05, 0.1) is 18.8 Å². The van der Waals surface area contributed by atoms with E-state index in [4.69, 9.17) is 5.11 Å². The maximum Gasteiger partial charge on any atom is 0.317 e. The van der Waals surface area contributed by atoms with Gasteiger partial charge in [0.2, 0.25) is 0 Å². The highest BCUT2D eigenvalue weighted by atomic mass is 16.3. The Morgan fingerprint density at radius 1 is 1.29 bits per heavy atom. The number of nitrogens with zero attached hydrogens (tertiary/aromatic N) is 3. The molecule has 1 atom stereocenters. The van der Waals surface area contributed by atoms with Crippen molar-refractivity contribution < 1.29 is 9.90 Å². The van der Waals surface area contributed by atoms with E-state index in [0.29, 0.717) is 19.6 Å². The Labute approximate surface area is 142 Å². The summed E-state index contributed by atoms with van der Waals surface area (Å²) in [4.78, 5) is 14.3. The van der Waals surface area contributed by atoms with Crippen LogP contribution in [0.1, 0.15) is 30.0 Å². The fraction of sp³-hybridized carbons (Fsp3) is 0.444. The molecule has 6 heteroatoms. The van der Waals surface area contributed by atoms with Gasteiger partial charge < -0.3 is 15.3 Å². The lowest BCUT2D eigenvalue weighted by atomic mass is 9.95. The Balaban J connectivity index is 1.55. The molecular formula is C18H24N4O2. The van der Waals surface area contributed by atoms with Crippen LogP contribution in [0.3, 0.4) is 0 Å². The average molecular weight is 328 g/mol. The van der Waals surface area contributed by atoms with E-state index in [1.54, 1.807) is 4.68 Å². The van der Waals surface area contributed by atoms with Crippen LogP contribution < -0.4 is 5.32 Å². The van der Waals surface area contributed by atoms with Crippen molar-refractivity contribution in [2.24, 2.45) is 0 Å². The van der Waals surface area contributed by atoms with Crippen LogP contribution >= 0.6 is 0 Å². The maximum absolute atomic E-state index is 12.4. The first-order valence-electron chi connectivity index (χ1n) is 8.47. The second kappa shape index (κ2) is 7.97. The highest BCUT2D eigenvalue weighted by molar-refractivity contribution is 5.74. The Morgan fingerprint density at radius 3 is 2.92 bits per heavy atom. The molecule has 2 amide bonds. The van der Waals surface area contributed by atoms with Crippen LogP contribution in [0, 0.1) is 0 Å². The molecule has 1 saturated heterocycles. The van der Waals surface area contributed by atoms with Gasteiger partial charge in [0.15, 0.2) is 0 Å². The Bertz CT molecular complexity index is 656. The van der Waals surface area contributed by atoms with Gasteiger partial charge in [-0.25, -0.2) is 4.79 Å². The second-order valence-electron chi connectivity index (χ2n) is 6.16. The van der Waals surface area contributed by atoms with Crippen molar-refractivity contribution in [3.63, 3.8) is 0 Å². The maximum atomic E-state index is 12.4. The monoisotopic (exact) mass is 328 g/mol. The summed E-state index contributed by atoms with van der Waals surface area (Å²) in [6.45, 7) is 2.62. The summed E-state index contributed by atoms with van der Waals surface area (Å²) >= 11 is 0. The minimum absolute atomic E-state index is 0.0154. The molecule has 2 N–H and O–H groups in total. The van der Waals surface area contributed by atoms with Crippen LogP contribution in [-0.2, 0) is 13.1 Å². The number of hydrogen-bond acceptors (Lipinski definition) is 3. The summed E-state index contributed by atoms with van der Waals surface area (Å²) in [6.07, 6.45) is 3.91. The third kappa shape index (κ3) is 4.14. The van der Waals surface area contributed by atoms with Crippen molar-refractivity contribution >= 4 is 6.03 Å². The molecule has 1 aliphatic rings. The van der Waals surface area contributed by atoms with Crippen LogP contribution in [-0.4, -0.2) is 45.5 Å². The molecule has 1 aromatic heterocycles. The lowest BCUT2D eigenvalue weighted by molar-refractivity contribution is 0.178. The van der Waals surface area contributed by atoms with Crippen molar-refractivity contribution in [1.82, 2.24) is 20.0 Å². The van der Waals surface area contributed by atoms with Crippen molar-refractivity contribution in [3.8, 4) is 0 Å². The third-order valence-corrected chi connectivity index (χ3v) is 4.40. The Morgan fingerprint density at radius 2 is 2.12 bits per heavy atom. The lowest BCUT2D eigenvalue weighted by Gasteiger charge is -2.32. The van der Waals surface area contributed by atoms with E-state index >= 15 is 0 Å². The zero-order valence-corrected chi connectivity index (χ0v) is 13.8. The predicted molar refractivity (Wildman–Crippen MR) is 91.5 cm³/mol. The first-order chi connectivity index (χ1) is 11.8. The molecular weight excluding hydrogens is 304 g/mol. The van der Waals surface area contributed by atoms with Crippen LogP contribution in [0.25, 0.3) is 0 Å². The summed E-state index contributed by atoms with van der Waals surface area (Å²) < 4.78 is 1.75. The van der Waals surface area contributed by atoms with Crippen molar-refractivity contribution in [3.05, 3.63) is 53.9 Å². The molecule has 24 heavy (non-hydrogen) atoms. The van der Waals surface area contributed by atoms with E-state index in [1.807, 2.05) is 47.5 Å². The van der Waals surface area contributed by atoms with Crippen LogP contribution in [0.4, 0.5) is 4.79 Å². The van der Waals surface area contributed by atoms with E-state index < -0.39 is 0 Å². The number of carbonyl (C=O) groups excluding carboxylic acids is 1. The summed E-state index contributed by atoms with van der Waals surface area (Å²) in [5.41, 5.74) is 2.10. The molecule has 0 radical (unpaired) electrons. The molecule has 3 rings (SSSR count). The number of aliphatic hydroxyl groups excluding tert-OH is 1. The molecule has 1 aliphatic heterocycles. The zero-order valence-electron chi connectivity index (χ0n) is 13.8. The highest BCUT2D eigenvalue weighted by Gasteiger charge is 2.26. The van der Waals surface area contributed by atoms with Gasteiger partial charge in [-0.2, -0.15) is 5.10 Å². The van der Waals surface area contributed by atoms with Crippen molar-refractivity contribution in [2.45, 2.75) is 31.8 Å². The van der Waals surface area contributed by atoms with E-state index in [9.17, 15) is 4.79 Å². The summed E-state index contributed by atoms with van der Waals surface area (Å²) in [6, 6.07) is 11.9. The van der Waals surface area contributed by atoms with E-state index in [2.05, 4.69) is 10.4 Å². The van der Waals surface area contributed by atoms with Crippen LogP contribution in [0.2, 0.25) is 0 Å². The summed E-state index contributed by atoms with van der Waals surface area (Å²) in [5.74, 6) is 0.265. The summed E-state index contributed by atoms with van der Waals surface area (Å²) in [7, 11) is 0. The number of nitrogens with one attached hydrogen (secondary N) is 1. The number of benzene rings is 1. The van der Waals surface area contributed by atoms with Gasteiger partial charge in [0.25, 0.3) is 0 Å². The topological polar surface area (TPSA) is 70.4 Å². The molecule has 0 spiro atoms. The molecule has 2 heterocycles. The van der Waals surface area contributed by atoms with E-state index in [-0.39, 0.29) is 18.6 Å². The minimum atomic E-state index is -0.0154. The largest absolute Gasteiger partial charge is 0.394 e. The highest BCUT2D eigenvalue weighted by Crippen LogP contribution is 2.25. The average Bonchev–Trinajstić information content (AvgIpc) is 3.10. The quantitative estimate of drug-likeness (QED) is 0.881. The standard InChI is InChI=1S/C18H24N4O2/c23-12-11-22-10-8-17(20-22)16-7-4-9-21(14-16)18(24)19-13-15-5-2-1-3-6-15/h1-3,5-6,8,10,16,23H,4,7,9,11-14H2,(H,19,24)/t16-/m1/s1. The molecule has 1 aromatic carbocycles. The van der Waals surface area contributed by atoms with Gasteiger partial charge in [0, 0.05) is 31.7 Å². The van der Waals surface area contributed by atoms with Crippen molar-refractivity contribution in [1.29, 1.82) is 0 Å². The molecule has 1 fully saturated rings. The Kier molecular flexibility index (Phi) is 5.48. The number of rotatable bonds is 5. The Hall–Kier alpha value is -2.34. The molecule has 0 unspecified atom stereocenters. The zero-order chi connectivity index (χ0) is 16.8. The number of urea groups is 1. The number of amides is 2. The van der Waals surface area contributed by atoms with Crippen LogP contribution in [0.5, 0.6) is 0 Å². The SMILES string of the molecule is O=C(NCc1ccccc1)N1CCC[C@@H](c2ccn(CCO)n2)C1. The van der Waals surface area contributed by atoms with E-state index in [0.717, 1.165) is 30.6 Å². The number of aromatic nitrogens is 2. The van der Waals surface area contributed by atoms with Gasteiger partial charge in [-0.15, -0.1) is 0 Å². The van der Waals surface area contributed by atoms with Gasteiger partial charge in [-0.3, -0.25) is 4.68 Å². The number of likely N-dealkylation sites (tertiary alicyclic amines) is 1. The lowest BCUT2D eigenvalue weighted by Crippen LogP contribution is -2.44. The van der Waals surface area contributed by atoms with Gasteiger partial charge in [-0.1, -0.05) is 30.3 Å². The fourth-order valence-electron chi connectivity index (χ4n) is 3.11. The van der Waals surface area contributed by atoms with Crippen molar-refractivity contribution in [2.75, 3.05) is 19.7 Å². The third-order valence-electron chi connectivity index (χ3n) is 4.40. The van der Waals surface area contributed by atoms with E-state index in [1.165, 1.54) is 0 Å². The molecule has 6 nitrogen and oxygen atoms in total. The number of hydrogen-bond donors (Lipinski definition) is 2. The predicted octanol–water partition coefficient (Wildman–Crippen LogP) is 1.96. The molecule has 2 aromatic rings.